The quantitative estimate of drug-likeness (QED) is 0.852. The highest BCUT2D eigenvalue weighted by molar-refractivity contribution is 5.80. The molecule has 0 aromatic heterocycles. The molecule has 20 heavy (non-hydrogen) atoms. The minimum Gasteiger partial charge on any atom is -0.480 e. The second kappa shape index (κ2) is 7.14. The minimum absolute atomic E-state index is 0.212. The maximum absolute atomic E-state index is 11.9. The van der Waals surface area contributed by atoms with Crippen LogP contribution in [0.2, 0.25) is 0 Å². The van der Waals surface area contributed by atoms with Crippen LogP contribution in [-0.2, 0) is 11.3 Å². The first-order valence-electron chi connectivity index (χ1n) is 6.19. The summed E-state index contributed by atoms with van der Waals surface area (Å²) in [4.78, 5) is 23.9. The van der Waals surface area contributed by atoms with Crippen molar-refractivity contribution in [2.75, 3.05) is 6.54 Å². The Bertz CT molecular complexity index is 535. The summed E-state index contributed by atoms with van der Waals surface area (Å²) in [6.45, 7) is 3.40. The fourth-order valence-corrected chi connectivity index (χ4v) is 1.66. The molecule has 0 atom stereocenters. The van der Waals surface area contributed by atoms with Gasteiger partial charge in [0.25, 0.3) is 0 Å². The van der Waals surface area contributed by atoms with E-state index >= 15 is 0 Å². The number of hydrogen-bond donors (Lipinski definition) is 2. The van der Waals surface area contributed by atoms with Gasteiger partial charge in [-0.05, 0) is 31.5 Å². The number of urea groups is 1. The number of rotatable bonds is 5. The Labute approximate surface area is 117 Å². The number of carboxylic acids is 1. The molecule has 0 spiro atoms. The first kappa shape index (κ1) is 15.5. The summed E-state index contributed by atoms with van der Waals surface area (Å²) in [5, 5.41) is 20.2. The van der Waals surface area contributed by atoms with Crippen LogP contribution in [-0.4, -0.2) is 34.6 Å². The van der Waals surface area contributed by atoms with Crippen LogP contribution in [0.5, 0.6) is 0 Å². The first-order valence-corrected chi connectivity index (χ1v) is 6.19. The van der Waals surface area contributed by atoms with Crippen molar-refractivity contribution in [1.82, 2.24) is 10.2 Å². The van der Waals surface area contributed by atoms with E-state index in [9.17, 15) is 9.59 Å². The van der Waals surface area contributed by atoms with Gasteiger partial charge >= 0.3 is 12.0 Å². The van der Waals surface area contributed by atoms with Gasteiger partial charge in [-0.3, -0.25) is 4.79 Å². The Kier molecular flexibility index (Phi) is 5.54. The molecule has 0 unspecified atom stereocenters. The molecule has 1 aromatic rings. The van der Waals surface area contributed by atoms with Gasteiger partial charge in [0.05, 0.1) is 11.6 Å². The van der Waals surface area contributed by atoms with Crippen LogP contribution in [0.3, 0.4) is 0 Å². The average Bonchev–Trinajstić information content (AvgIpc) is 2.42. The van der Waals surface area contributed by atoms with Gasteiger partial charge in [-0.15, -0.1) is 0 Å². The lowest BCUT2D eigenvalue weighted by atomic mass is 10.1. The van der Waals surface area contributed by atoms with Gasteiger partial charge in [0.1, 0.15) is 6.54 Å². The van der Waals surface area contributed by atoms with Crippen molar-refractivity contribution in [3.8, 4) is 6.07 Å². The van der Waals surface area contributed by atoms with E-state index in [2.05, 4.69) is 5.32 Å². The van der Waals surface area contributed by atoms with E-state index in [1.54, 1.807) is 38.1 Å². The molecular formula is C14H17N3O3. The van der Waals surface area contributed by atoms with Crippen LogP contribution in [0.25, 0.3) is 0 Å². The van der Waals surface area contributed by atoms with Crippen molar-refractivity contribution in [2.45, 2.75) is 26.4 Å². The third kappa shape index (κ3) is 4.61. The Morgan fingerprint density at radius 3 is 2.70 bits per heavy atom. The predicted octanol–water partition coefficient (Wildman–Crippen LogP) is 1.56. The highest BCUT2D eigenvalue weighted by atomic mass is 16.4. The second-order valence-corrected chi connectivity index (χ2v) is 4.59. The van der Waals surface area contributed by atoms with Crippen LogP contribution >= 0.6 is 0 Å². The van der Waals surface area contributed by atoms with Crippen molar-refractivity contribution in [2.24, 2.45) is 0 Å². The Hall–Kier alpha value is -2.55. The number of amides is 2. The molecule has 6 nitrogen and oxygen atoms in total. The highest BCUT2D eigenvalue weighted by Gasteiger charge is 2.19. The zero-order chi connectivity index (χ0) is 15.1. The van der Waals surface area contributed by atoms with E-state index in [0.29, 0.717) is 5.56 Å². The number of hydrogen-bond acceptors (Lipinski definition) is 3. The second-order valence-electron chi connectivity index (χ2n) is 4.59. The zero-order valence-electron chi connectivity index (χ0n) is 11.5. The van der Waals surface area contributed by atoms with Crippen LogP contribution in [0.1, 0.15) is 25.0 Å². The van der Waals surface area contributed by atoms with E-state index in [-0.39, 0.29) is 19.1 Å². The molecular weight excluding hydrogens is 258 g/mol. The number of aliphatic carboxylic acids is 1. The smallest absolute Gasteiger partial charge is 0.323 e. The Balaban J connectivity index is 2.65. The standard InChI is InChI=1S/C14H17N3O3/c1-10(2)17(9-13(18)19)14(20)16-8-12-5-3-4-11(6-12)7-15/h3-6,10H,8-9H2,1-2H3,(H,16,20)(H,18,19). The van der Waals surface area contributed by atoms with Gasteiger partial charge < -0.3 is 15.3 Å². The van der Waals surface area contributed by atoms with Gasteiger partial charge in [0.15, 0.2) is 0 Å². The van der Waals surface area contributed by atoms with E-state index in [1.807, 2.05) is 6.07 Å². The van der Waals surface area contributed by atoms with Crippen molar-refractivity contribution in [1.29, 1.82) is 5.26 Å². The highest BCUT2D eigenvalue weighted by Crippen LogP contribution is 2.05. The topological polar surface area (TPSA) is 93.4 Å². The lowest BCUT2D eigenvalue weighted by molar-refractivity contribution is -0.138. The number of nitriles is 1. The number of carbonyl (C=O) groups is 2. The first-order chi connectivity index (χ1) is 9.43. The third-order valence-corrected chi connectivity index (χ3v) is 2.69. The van der Waals surface area contributed by atoms with Crippen LogP contribution in [0.4, 0.5) is 4.79 Å². The molecule has 0 saturated heterocycles. The summed E-state index contributed by atoms with van der Waals surface area (Å²) in [5.41, 5.74) is 1.31. The molecule has 1 rings (SSSR count). The molecule has 0 aliphatic rings. The molecule has 0 fully saturated rings. The largest absolute Gasteiger partial charge is 0.480 e. The molecule has 106 valence electrons. The fraction of sp³-hybridized carbons (Fsp3) is 0.357. The molecule has 0 heterocycles. The molecule has 2 amide bonds. The molecule has 0 aliphatic carbocycles. The predicted molar refractivity (Wildman–Crippen MR) is 72.9 cm³/mol. The van der Waals surface area contributed by atoms with Crippen molar-refractivity contribution < 1.29 is 14.7 Å². The maximum atomic E-state index is 11.9. The molecule has 0 saturated carbocycles. The van der Waals surface area contributed by atoms with Gasteiger partial charge in [-0.1, -0.05) is 12.1 Å². The molecule has 0 radical (unpaired) electrons. The van der Waals surface area contributed by atoms with E-state index in [0.717, 1.165) is 5.56 Å². The average molecular weight is 275 g/mol. The third-order valence-electron chi connectivity index (χ3n) is 2.69. The van der Waals surface area contributed by atoms with Crippen molar-refractivity contribution in [3.05, 3.63) is 35.4 Å². The summed E-state index contributed by atoms with van der Waals surface area (Å²) >= 11 is 0. The molecule has 0 bridgehead atoms. The van der Waals surface area contributed by atoms with Gasteiger partial charge in [-0.25, -0.2) is 4.79 Å². The number of nitrogens with zero attached hydrogens (tertiary/aromatic N) is 2. The number of carboxylic acid groups (broad SMARTS) is 1. The number of nitrogens with one attached hydrogen (secondary N) is 1. The van der Waals surface area contributed by atoms with Gasteiger partial charge in [0, 0.05) is 12.6 Å². The fourth-order valence-electron chi connectivity index (χ4n) is 1.66. The lowest BCUT2D eigenvalue weighted by Gasteiger charge is -2.25. The summed E-state index contributed by atoms with van der Waals surface area (Å²) in [7, 11) is 0. The number of carbonyl (C=O) groups excluding carboxylic acids is 1. The number of benzene rings is 1. The summed E-state index contributed by atoms with van der Waals surface area (Å²) in [5.74, 6) is -1.06. The van der Waals surface area contributed by atoms with E-state index in [4.69, 9.17) is 10.4 Å². The normalized spacial score (nSPS) is 9.90. The van der Waals surface area contributed by atoms with Crippen molar-refractivity contribution >= 4 is 12.0 Å². The molecule has 1 aromatic carbocycles. The summed E-state index contributed by atoms with van der Waals surface area (Å²) in [6, 6.07) is 8.25. The van der Waals surface area contributed by atoms with E-state index in [1.165, 1.54) is 4.90 Å². The molecule has 0 aliphatic heterocycles. The van der Waals surface area contributed by atoms with Crippen LogP contribution in [0.15, 0.2) is 24.3 Å². The monoisotopic (exact) mass is 275 g/mol. The molecule has 2 N–H and O–H groups in total. The van der Waals surface area contributed by atoms with E-state index < -0.39 is 12.0 Å². The van der Waals surface area contributed by atoms with Crippen molar-refractivity contribution in [3.63, 3.8) is 0 Å². The summed E-state index contributed by atoms with van der Waals surface area (Å²) in [6.07, 6.45) is 0. The lowest BCUT2D eigenvalue weighted by Crippen LogP contribution is -2.46. The Morgan fingerprint density at radius 1 is 1.45 bits per heavy atom. The SMILES string of the molecule is CC(C)N(CC(=O)O)C(=O)NCc1cccc(C#N)c1. The Morgan fingerprint density at radius 2 is 2.15 bits per heavy atom. The van der Waals surface area contributed by atoms with Crippen LogP contribution < -0.4 is 5.32 Å². The maximum Gasteiger partial charge on any atom is 0.323 e. The summed E-state index contributed by atoms with van der Waals surface area (Å²) < 4.78 is 0. The van der Waals surface area contributed by atoms with Crippen LogP contribution in [0, 0.1) is 11.3 Å². The van der Waals surface area contributed by atoms with Gasteiger partial charge in [-0.2, -0.15) is 5.26 Å². The minimum atomic E-state index is -1.06. The van der Waals surface area contributed by atoms with Gasteiger partial charge in [0.2, 0.25) is 0 Å². The zero-order valence-corrected chi connectivity index (χ0v) is 11.5. The molecule has 6 heteroatoms.